The van der Waals surface area contributed by atoms with Crippen molar-refractivity contribution in [3.63, 3.8) is 0 Å². The van der Waals surface area contributed by atoms with Gasteiger partial charge in [0.05, 0.1) is 17.6 Å². The largest absolute Gasteiger partial charge is 0.508 e. The van der Waals surface area contributed by atoms with E-state index in [2.05, 4.69) is 36.9 Å². The Hall–Kier alpha value is -5.06. The zero-order chi connectivity index (χ0) is 32.1. The maximum Gasteiger partial charge on any atom is 0.322 e. The predicted molar refractivity (Wildman–Crippen MR) is 153 cm³/mol. The minimum Gasteiger partial charge on any atom is -0.508 e. The molecule has 0 aliphatic carbocycles. The first-order valence-electron chi connectivity index (χ1n) is 12.9. The zero-order valence-corrected chi connectivity index (χ0v) is 24.3. The Morgan fingerprint density at radius 1 is 0.837 bits per heavy atom. The van der Waals surface area contributed by atoms with Gasteiger partial charge in [-0.15, -0.1) is 0 Å². The summed E-state index contributed by atoms with van der Waals surface area (Å²) in [4.78, 5) is 88.6. The van der Waals surface area contributed by atoms with Crippen molar-refractivity contribution >= 4 is 58.3 Å². The summed E-state index contributed by atoms with van der Waals surface area (Å²) in [6.07, 6.45) is 1.94. The molecule has 8 N–H and O–H groups in total. The second-order valence-corrected chi connectivity index (χ2v) is 10.4. The Labute approximate surface area is 250 Å². The summed E-state index contributed by atoms with van der Waals surface area (Å²) in [5, 5.41) is 33.4. The van der Waals surface area contributed by atoms with E-state index in [1.165, 1.54) is 51.2 Å². The summed E-state index contributed by atoms with van der Waals surface area (Å²) in [6.45, 7) is 3.24. The molecule has 2 aromatic rings. The number of anilines is 1. The van der Waals surface area contributed by atoms with Gasteiger partial charge in [0, 0.05) is 6.42 Å². The van der Waals surface area contributed by atoms with E-state index in [-0.39, 0.29) is 18.7 Å². The lowest BCUT2D eigenvalue weighted by atomic mass is 10.0. The average molecular weight is 620 g/mol. The predicted octanol–water partition coefficient (Wildman–Crippen LogP) is -1.48. The molecule has 0 fully saturated rings. The first kappa shape index (κ1) is 34.1. The number of carbonyl (C=O) groups is 7. The van der Waals surface area contributed by atoms with Gasteiger partial charge in [0.2, 0.25) is 29.5 Å². The van der Waals surface area contributed by atoms with E-state index in [1.807, 2.05) is 0 Å². The third-order valence-electron chi connectivity index (χ3n) is 5.74. The zero-order valence-electron chi connectivity index (χ0n) is 23.5. The number of aromatic hydroxyl groups is 1. The molecule has 232 valence electrons. The van der Waals surface area contributed by atoms with E-state index in [4.69, 9.17) is 5.11 Å². The van der Waals surface area contributed by atoms with Crippen LogP contribution in [0, 0.1) is 0 Å². The van der Waals surface area contributed by atoms with Crippen LogP contribution in [0.15, 0.2) is 30.5 Å². The number of benzene rings is 1. The number of nitrogens with zero attached hydrogens (tertiary/aromatic N) is 1. The molecule has 1 aromatic carbocycles. The normalized spacial score (nSPS) is 13.3. The van der Waals surface area contributed by atoms with E-state index in [9.17, 15) is 38.7 Å². The molecular weight excluding hydrogens is 586 g/mol. The van der Waals surface area contributed by atoms with Gasteiger partial charge in [-0.3, -0.25) is 33.6 Å². The molecule has 0 radical (unpaired) electrons. The number of phenols is 1. The summed E-state index contributed by atoms with van der Waals surface area (Å²) in [5.74, 6) is -4.75. The molecule has 17 heteroatoms. The van der Waals surface area contributed by atoms with Crippen molar-refractivity contribution in [3.05, 3.63) is 40.9 Å². The average Bonchev–Trinajstić information content (AvgIpc) is 3.43. The van der Waals surface area contributed by atoms with Gasteiger partial charge in [-0.05, 0) is 38.5 Å². The minimum atomic E-state index is -1.28. The number of carboxylic acid groups (broad SMARTS) is 1. The van der Waals surface area contributed by atoms with E-state index < -0.39 is 66.2 Å². The van der Waals surface area contributed by atoms with Crippen molar-refractivity contribution in [3.8, 4) is 5.75 Å². The fourth-order valence-electron chi connectivity index (χ4n) is 3.40. The smallest absolute Gasteiger partial charge is 0.322 e. The summed E-state index contributed by atoms with van der Waals surface area (Å²) in [5.41, 5.74) is 0.564. The number of amides is 5. The number of aliphatic carboxylic acids is 1. The number of rotatable bonds is 16. The lowest BCUT2D eigenvalue weighted by molar-refractivity contribution is -0.138. The Kier molecular flexibility index (Phi) is 13.0. The second-order valence-electron chi connectivity index (χ2n) is 9.33. The number of nitrogens with one attached hydrogen (secondary N) is 6. The second kappa shape index (κ2) is 16.4. The SMILES string of the molecule is C[C@H](NC(=O)CNc1ncc(C=O)s1)C(=O)N[C@@H](C)C(=O)N[C@@H](C)C(=O)N[C@@H](Cc1ccc(O)cc1)C(=O)NCC(=O)O. The molecule has 0 spiro atoms. The topological polar surface area (TPSA) is 245 Å². The highest BCUT2D eigenvalue weighted by Gasteiger charge is 2.27. The summed E-state index contributed by atoms with van der Waals surface area (Å²) >= 11 is 1.05. The van der Waals surface area contributed by atoms with Crippen LogP contribution in [-0.4, -0.2) is 94.2 Å². The van der Waals surface area contributed by atoms with Gasteiger partial charge in [0.15, 0.2) is 11.4 Å². The molecule has 0 unspecified atom stereocenters. The molecule has 16 nitrogen and oxygen atoms in total. The lowest BCUT2D eigenvalue weighted by Crippen LogP contribution is -2.57. The highest BCUT2D eigenvalue weighted by Crippen LogP contribution is 2.15. The van der Waals surface area contributed by atoms with Gasteiger partial charge >= 0.3 is 5.97 Å². The Morgan fingerprint density at radius 3 is 1.93 bits per heavy atom. The van der Waals surface area contributed by atoms with Gasteiger partial charge in [-0.1, -0.05) is 23.5 Å². The number of hydrogen-bond acceptors (Lipinski definition) is 11. The van der Waals surface area contributed by atoms with Crippen molar-refractivity contribution in [1.82, 2.24) is 31.6 Å². The molecule has 1 aromatic heterocycles. The molecule has 43 heavy (non-hydrogen) atoms. The number of thiazole rings is 1. The van der Waals surface area contributed by atoms with Gasteiger partial charge in [0.25, 0.3) is 0 Å². The number of carbonyl (C=O) groups excluding carboxylic acids is 6. The van der Waals surface area contributed by atoms with Crippen molar-refractivity contribution in [2.45, 2.75) is 51.4 Å². The van der Waals surface area contributed by atoms with Crippen LogP contribution in [-0.2, 0) is 35.2 Å². The monoisotopic (exact) mass is 619 g/mol. The highest BCUT2D eigenvalue weighted by molar-refractivity contribution is 7.17. The van der Waals surface area contributed by atoms with Crippen molar-refractivity contribution in [2.75, 3.05) is 18.4 Å². The fourth-order valence-corrected chi connectivity index (χ4v) is 4.03. The van der Waals surface area contributed by atoms with E-state index in [0.717, 1.165) is 11.3 Å². The Bertz CT molecular complexity index is 1330. The number of aromatic nitrogens is 1. The molecule has 0 aliphatic rings. The van der Waals surface area contributed by atoms with Crippen molar-refractivity contribution in [1.29, 1.82) is 0 Å². The third kappa shape index (κ3) is 11.8. The number of phenolic OH excluding ortho intramolecular Hbond substituents is 1. The van der Waals surface area contributed by atoms with Gasteiger partial charge in [-0.25, -0.2) is 4.98 Å². The van der Waals surface area contributed by atoms with Crippen LogP contribution in [0.25, 0.3) is 0 Å². The molecular formula is C26H33N7O9S. The van der Waals surface area contributed by atoms with E-state index in [1.54, 1.807) is 0 Å². The molecule has 1 heterocycles. The number of aldehydes is 1. The quantitative estimate of drug-likeness (QED) is 0.101. The summed E-state index contributed by atoms with van der Waals surface area (Å²) in [6, 6.07) is 1.35. The van der Waals surface area contributed by atoms with Crippen molar-refractivity contribution in [2.24, 2.45) is 0 Å². The van der Waals surface area contributed by atoms with E-state index in [0.29, 0.717) is 21.9 Å². The molecule has 0 bridgehead atoms. The van der Waals surface area contributed by atoms with Crippen LogP contribution in [0.2, 0.25) is 0 Å². The van der Waals surface area contributed by atoms with Gasteiger partial charge in [0.1, 0.15) is 36.5 Å². The van der Waals surface area contributed by atoms with Crippen LogP contribution >= 0.6 is 11.3 Å². The van der Waals surface area contributed by atoms with Crippen LogP contribution in [0.3, 0.4) is 0 Å². The Balaban J connectivity index is 1.87. The number of hydrogen-bond donors (Lipinski definition) is 8. The molecule has 0 saturated heterocycles. The lowest BCUT2D eigenvalue weighted by Gasteiger charge is -2.23. The van der Waals surface area contributed by atoms with Crippen LogP contribution in [0.5, 0.6) is 5.75 Å². The molecule has 5 amide bonds. The maximum absolute atomic E-state index is 12.8. The third-order valence-corrected chi connectivity index (χ3v) is 6.62. The maximum atomic E-state index is 12.8. The molecule has 4 atom stereocenters. The Morgan fingerprint density at radius 2 is 1.40 bits per heavy atom. The molecule has 0 aliphatic heterocycles. The van der Waals surface area contributed by atoms with Gasteiger partial charge < -0.3 is 42.1 Å². The van der Waals surface area contributed by atoms with Crippen molar-refractivity contribution < 1.29 is 43.8 Å². The standard InChI is InChI=1S/C26H33N7O9S/c1-13(30-20(36)10-29-26-28-9-18(12-34)43-26)22(39)31-14(2)23(40)32-15(3)24(41)33-19(25(42)27-11-21(37)38)8-16-4-6-17(35)7-5-16/h4-7,9,12-15,19,35H,8,10-11H2,1-3H3,(H,27,42)(H,28,29)(H,30,36)(H,31,39)(H,32,40)(H,33,41)(H,37,38)/t13-,14-,15-,19-/m0/s1. The fraction of sp³-hybridized carbons (Fsp3) is 0.385. The first-order valence-corrected chi connectivity index (χ1v) is 13.7. The van der Waals surface area contributed by atoms with E-state index >= 15 is 0 Å². The number of carboxylic acids is 1. The van der Waals surface area contributed by atoms with Crippen LogP contribution < -0.4 is 31.9 Å². The highest BCUT2D eigenvalue weighted by atomic mass is 32.1. The van der Waals surface area contributed by atoms with Crippen LogP contribution in [0.1, 0.15) is 36.0 Å². The molecule has 0 saturated carbocycles. The van der Waals surface area contributed by atoms with Crippen LogP contribution in [0.4, 0.5) is 5.13 Å². The minimum absolute atomic E-state index is 0.00671. The summed E-state index contributed by atoms with van der Waals surface area (Å²) in [7, 11) is 0. The summed E-state index contributed by atoms with van der Waals surface area (Å²) < 4.78 is 0. The van der Waals surface area contributed by atoms with Gasteiger partial charge in [-0.2, -0.15) is 0 Å². The first-order chi connectivity index (χ1) is 20.3. The molecule has 2 rings (SSSR count).